The summed E-state index contributed by atoms with van der Waals surface area (Å²) in [6, 6.07) is 0.472. The maximum Gasteiger partial charge on any atom is 0.221 e. The van der Waals surface area contributed by atoms with Gasteiger partial charge in [-0.25, -0.2) is 0 Å². The maximum absolute atomic E-state index is 11.3. The number of nitrogens with one attached hydrogen (secondary N) is 1. The molecule has 0 aromatic heterocycles. The number of carbonyl (C=O) groups excluding carboxylic acids is 1. The van der Waals surface area contributed by atoms with Crippen LogP contribution in [0.15, 0.2) is 0 Å². The van der Waals surface area contributed by atoms with Crippen LogP contribution in [0.5, 0.6) is 0 Å². The van der Waals surface area contributed by atoms with Gasteiger partial charge in [0.25, 0.3) is 0 Å². The lowest BCUT2D eigenvalue weighted by atomic mass is 10.1. The van der Waals surface area contributed by atoms with Gasteiger partial charge < -0.3 is 16.0 Å². The fourth-order valence-electron chi connectivity index (χ4n) is 1.94. The number of hydrogen-bond donors (Lipinski definition) is 2. The van der Waals surface area contributed by atoms with Crippen molar-refractivity contribution >= 4 is 5.91 Å². The molecule has 0 spiro atoms. The summed E-state index contributed by atoms with van der Waals surface area (Å²) in [6.45, 7) is 4.17. The Morgan fingerprint density at radius 3 is 2.73 bits per heavy atom. The Balaban J connectivity index is 2.21. The molecule has 0 aliphatic heterocycles. The highest BCUT2D eigenvalue weighted by Gasteiger charge is 2.32. The third-order valence-corrected chi connectivity index (χ3v) is 3.04. The van der Waals surface area contributed by atoms with Crippen LogP contribution in [0.25, 0.3) is 0 Å². The summed E-state index contributed by atoms with van der Waals surface area (Å²) >= 11 is 0. The molecule has 4 heteroatoms. The highest BCUT2D eigenvalue weighted by atomic mass is 16.1. The van der Waals surface area contributed by atoms with Gasteiger partial charge in [0.05, 0.1) is 0 Å². The number of nitrogens with zero attached hydrogens (tertiary/aromatic N) is 1. The Bertz CT molecular complexity index is 204. The van der Waals surface area contributed by atoms with Crippen molar-refractivity contribution in [1.29, 1.82) is 0 Å². The van der Waals surface area contributed by atoms with Gasteiger partial charge in [-0.2, -0.15) is 0 Å². The van der Waals surface area contributed by atoms with E-state index in [4.69, 9.17) is 5.73 Å². The van der Waals surface area contributed by atoms with E-state index in [0.29, 0.717) is 25.6 Å². The highest BCUT2D eigenvalue weighted by Crippen LogP contribution is 2.34. The smallest absolute Gasteiger partial charge is 0.221 e. The van der Waals surface area contributed by atoms with Crippen molar-refractivity contribution in [3.8, 4) is 0 Å². The summed E-state index contributed by atoms with van der Waals surface area (Å²) in [7, 11) is 2.06. The van der Waals surface area contributed by atoms with Crippen LogP contribution in [0.2, 0.25) is 0 Å². The Hall–Kier alpha value is -0.610. The van der Waals surface area contributed by atoms with Crippen LogP contribution < -0.4 is 11.1 Å². The Labute approximate surface area is 92.2 Å². The van der Waals surface area contributed by atoms with Crippen LogP contribution in [0.1, 0.15) is 26.2 Å². The molecule has 0 radical (unpaired) electrons. The second kappa shape index (κ2) is 6.08. The van der Waals surface area contributed by atoms with E-state index in [0.717, 1.165) is 12.5 Å². The van der Waals surface area contributed by atoms with E-state index < -0.39 is 0 Å². The fourth-order valence-corrected chi connectivity index (χ4v) is 1.94. The zero-order valence-electron chi connectivity index (χ0n) is 9.83. The van der Waals surface area contributed by atoms with Crippen molar-refractivity contribution in [2.45, 2.75) is 32.2 Å². The fraction of sp³-hybridized carbons (Fsp3) is 0.909. The molecule has 1 fully saturated rings. The van der Waals surface area contributed by atoms with E-state index in [1.165, 1.54) is 12.8 Å². The SMILES string of the molecule is CCNC(=O)CCN(C)C(CN)C1CC1. The number of amides is 1. The molecule has 0 heterocycles. The molecule has 1 unspecified atom stereocenters. The van der Waals surface area contributed by atoms with Crippen molar-refractivity contribution < 1.29 is 4.79 Å². The van der Waals surface area contributed by atoms with E-state index in [1.807, 2.05) is 6.92 Å². The number of rotatable bonds is 7. The van der Waals surface area contributed by atoms with E-state index in [2.05, 4.69) is 17.3 Å². The predicted molar refractivity (Wildman–Crippen MR) is 61.5 cm³/mol. The minimum atomic E-state index is 0.135. The van der Waals surface area contributed by atoms with Gasteiger partial charge in [0, 0.05) is 32.1 Å². The summed E-state index contributed by atoms with van der Waals surface area (Å²) < 4.78 is 0. The molecule has 0 bridgehead atoms. The third-order valence-electron chi connectivity index (χ3n) is 3.04. The molecule has 1 rings (SSSR count). The number of carbonyl (C=O) groups is 1. The molecule has 0 saturated heterocycles. The molecular weight excluding hydrogens is 190 g/mol. The van der Waals surface area contributed by atoms with Crippen LogP contribution in [0.4, 0.5) is 0 Å². The van der Waals surface area contributed by atoms with Crippen LogP contribution in [0.3, 0.4) is 0 Å². The van der Waals surface area contributed by atoms with Crippen molar-refractivity contribution in [3.63, 3.8) is 0 Å². The highest BCUT2D eigenvalue weighted by molar-refractivity contribution is 5.75. The summed E-state index contributed by atoms with van der Waals surface area (Å²) in [5.74, 6) is 0.908. The van der Waals surface area contributed by atoms with Crippen LogP contribution in [-0.4, -0.2) is 43.5 Å². The topological polar surface area (TPSA) is 58.4 Å². The van der Waals surface area contributed by atoms with Crippen LogP contribution in [0, 0.1) is 5.92 Å². The summed E-state index contributed by atoms with van der Waals surface area (Å²) in [6.07, 6.45) is 3.17. The lowest BCUT2D eigenvalue weighted by Gasteiger charge is -2.26. The summed E-state index contributed by atoms with van der Waals surface area (Å²) in [5.41, 5.74) is 5.74. The summed E-state index contributed by atoms with van der Waals surface area (Å²) in [4.78, 5) is 13.5. The number of nitrogens with two attached hydrogens (primary N) is 1. The van der Waals surface area contributed by atoms with Gasteiger partial charge >= 0.3 is 0 Å². The first-order chi connectivity index (χ1) is 7.19. The van der Waals surface area contributed by atoms with Gasteiger partial charge in [-0.3, -0.25) is 4.79 Å². The second-order valence-electron chi connectivity index (χ2n) is 4.32. The first-order valence-electron chi connectivity index (χ1n) is 5.86. The number of hydrogen-bond acceptors (Lipinski definition) is 3. The van der Waals surface area contributed by atoms with Crippen molar-refractivity contribution in [2.75, 3.05) is 26.7 Å². The second-order valence-corrected chi connectivity index (χ2v) is 4.32. The average Bonchev–Trinajstić information content (AvgIpc) is 3.00. The lowest BCUT2D eigenvalue weighted by molar-refractivity contribution is -0.121. The molecule has 1 aliphatic rings. The Morgan fingerprint density at radius 1 is 1.60 bits per heavy atom. The first kappa shape index (κ1) is 12.5. The van der Waals surface area contributed by atoms with Gasteiger partial charge in [-0.15, -0.1) is 0 Å². The third kappa shape index (κ3) is 4.18. The standard InChI is InChI=1S/C11H23N3O/c1-3-13-11(15)6-7-14(2)10(8-12)9-4-5-9/h9-10H,3-8,12H2,1-2H3,(H,13,15). The molecular formula is C11H23N3O. The van der Waals surface area contributed by atoms with Crippen molar-refractivity contribution in [3.05, 3.63) is 0 Å². The monoisotopic (exact) mass is 213 g/mol. The van der Waals surface area contributed by atoms with Crippen molar-refractivity contribution in [1.82, 2.24) is 10.2 Å². The zero-order valence-corrected chi connectivity index (χ0v) is 9.83. The molecule has 0 aromatic rings. The molecule has 3 N–H and O–H groups in total. The minimum absolute atomic E-state index is 0.135. The normalized spacial score (nSPS) is 17.9. The van der Waals surface area contributed by atoms with Gasteiger partial charge in [0.15, 0.2) is 0 Å². The molecule has 1 aliphatic carbocycles. The first-order valence-corrected chi connectivity index (χ1v) is 5.86. The molecule has 15 heavy (non-hydrogen) atoms. The van der Waals surface area contributed by atoms with Gasteiger partial charge in [0.2, 0.25) is 5.91 Å². The van der Waals surface area contributed by atoms with Crippen LogP contribution in [-0.2, 0) is 4.79 Å². The van der Waals surface area contributed by atoms with Gasteiger partial charge in [-0.1, -0.05) is 0 Å². The molecule has 1 atom stereocenters. The maximum atomic E-state index is 11.3. The largest absolute Gasteiger partial charge is 0.356 e. The van der Waals surface area contributed by atoms with Gasteiger partial charge in [0.1, 0.15) is 0 Å². The van der Waals surface area contributed by atoms with Crippen molar-refractivity contribution in [2.24, 2.45) is 11.7 Å². The quantitative estimate of drug-likeness (QED) is 0.634. The molecule has 88 valence electrons. The van der Waals surface area contributed by atoms with Gasteiger partial charge in [-0.05, 0) is 32.7 Å². The lowest BCUT2D eigenvalue weighted by Crippen LogP contribution is -2.41. The minimum Gasteiger partial charge on any atom is -0.356 e. The molecule has 0 aromatic carbocycles. The van der Waals surface area contributed by atoms with E-state index >= 15 is 0 Å². The Kier molecular flexibility index (Phi) is 5.05. The molecule has 4 nitrogen and oxygen atoms in total. The van der Waals surface area contributed by atoms with E-state index in [1.54, 1.807) is 0 Å². The van der Waals surface area contributed by atoms with E-state index in [-0.39, 0.29) is 5.91 Å². The van der Waals surface area contributed by atoms with E-state index in [9.17, 15) is 4.79 Å². The zero-order chi connectivity index (χ0) is 11.3. The molecule has 1 amide bonds. The Morgan fingerprint density at radius 2 is 2.27 bits per heavy atom. The van der Waals surface area contributed by atoms with Crippen LogP contribution >= 0.6 is 0 Å². The predicted octanol–water partition coefficient (Wildman–Crippen LogP) is 0.182. The summed E-state index contributed by atoms with van der Waals surface area (Å²) in [5, 5.41) is 2.81. The molecule has 1 saturated carbocycles. The number of likely N-dealkylation sites (N-methyl/N-ethyl adjacent to an activating group) is 1. The average molecular weight is 213 g/mol.